The van der Waals surface area contributed by atoms with Crippen molar-refractivity contribution < 1.29 is 14.3 Å². The lowest BCUT2D eigenvalue weighted by Gasteiger charge is -2.26. The third kappa shape index (κ3) is 3.10. The number of para-hydroxylation sites is 2. The van der Waals surface area contributed by atoms with Gasteiger partial charge in [0, 0.05) is 12.1 Å². The second-order valence-electron chi connectivity index (χ2n) is 6.84. The van der Waals surface area contributed by atoms with Gasteiger partial charge in [0.05, 0.1) is 36.9 Å². The number of Topliss-reactive ketones (excluding diaryl/α,β-unsaturated/α-hetero) is 1. The van der Waals surface area contributed by atoms with E-state index in [1.807, 2.05) is 49.4 Å². The minimum atomic E-state index is 0.0675. The van der Waals surface area contributed by atoms with E-state index in [1.54, 1.807) is 14.2 Å². The van der Waals surface area contributed by atoms with Gasteiger partial charge in [-0.15, -0.1) is 0 Å². The molecule has 0 radical (unpaired) electrons. The first-order chi connectivity index (χ1) is 13.1. The number of methoxy groups -OCH3 is 2. The molecule has 138 valence electrons. The predicted molar refractivity (Wildman–Crippen MR) is 106 cm³/mol. The Kier molecular flexibility index (Phi) is 4.44. The number of ether oxygens (including phenoxy) is 2. The quantitative estimate of drug-likeness (QED) is 0.865. The van der Waals surface area contributed by atoms with E-state index in [4.69, 9.17) is 14.5 Å². The largest absolute Gasteiger partial charge is 0.493 e. The molecule has 5 heteroatoms. The molecule has 1 heterocycles. The van der Waals surface area contributed by atoms with Gasteiger partial charge in [-0.05, 0) is 49.1 Å². The normalized spacial score (nSPS) is 18.7. The summed E-state index contributed by atoms with van der Waals surface area (Å²) in [5.74, 6) is 1.55. The number of nitrogens with one attached hydrogen (secondary N) is 1. The summed E-state index contributed by atoms with van der Waals surface area (Å²) in [6.45, 7) is 1.95. The van der Waals surface area contributed by atoms with Gasteiger partial charge in [0.1, 0.15) is 0 Å². The van der Waals surface area contributed by atoms with Crippen LogP contribution in [0.25, 0.3) is 0 Å². The minimum absolute atomic E-state index is 0.0675. The van der Waals surface area contributed by atoms with E-state index < -0.39 is 0 Å². The highest BCUT2D eigenvalue weighted by molar-refractivity contribution is 6.26. The van der Waals surface area contributed by atoms with Crippen molar-refractivity contribution in [2.75, 3.05) is 19.5 Å². The second-order valence-corrected chi connectivity index (χ2v) is 6.84. The zero-order valence-corrected chi connectivity index (χ0v) is 15.7. The van der Waals surface area contributed by atoms with E-state index >= 15 is 0 Å². The molecule has 2 aromatic rings. The number of carbonyl (C=O) groups excluding carboxylic acids is 1. The molecule has 1 saturated carbocycles. The van der Waals surface area contributed by atoms with Gasteiger partial charge in [-0.2, -0.15) is 0 Å². The zero-order valence-electron chi connectivity index (χ0n) is 15.7. The van der Waals surface area contributed by atoms with Crippen molar-refractivity contribution in [3.05, 3.63) is 59.3 Å². The van der Waals surface area contributed by atoms with E-state index in [1.165, 1.54) is 0 Å². The van der Waals surface area contributed by atoms with E-state index in [9.17, 15) is 4.79 Å². The smallest absolute Gasteiger partial charge is 0.167 e. The lowest BCUT2D eigenvalue weighted by atomic mass is 9.79. The molecule has 1 N–H and O–H groups in total. The zero-order chi connectivity index (χ0) is 19.0. The number of fused-ring (bicyclic) bond motifs is 2. The number of allylic oxidation sites excluding steroid dienone is 2. The van der Waals surface area contributed by atoms with Gasteiger partial charge >= 0.3 is 0 Å². The molecule has 4 rings (SSSR count). The van der Waals surface area contributed by atoms with Crippen molar-refractivity contribution in [3.63, 3.8) is 0 Å². The van der Waals surface area contributed by atoms with E-state index in [2.05, 4.69) is 5.32 Å². The van der Waals surface area contributed by atoms with Crippen LogP contribution >= 0.6 is 0 Å². The van der Waals surface area contributed by atoms with Crippen molar-refractivity contribution >= 4 is 22.9 Å². The molecule has 0 amide bonds. The maximum atomic E-state index is 13.0. The molecular weight excluding hydrogens is 340 g/mol. The first kappa shape index (κ1) is 17.3. The van der Waals surface area contributed by atoms with Gasteiger partial charge in [-0.1, -0.05) is 18.2 Å². The molecule has 5 nitrogen and oxygen atoms in total. The fourth-order valence-electron chi connectivity index (χ4n) is 3.85. The average molecular weight is 362 g/mol. The maximum absolute atomic E-state index is 13.0. The molecule has 1 atom stereocenters. The van der Waals surface area contributed by atoms with Gasteiger partial charge in [-0.3, -0.25) is 9.79 Å². The average Bonchev–Trinajstić information content (AvgIpc) is 2.82. The molecule has 1 fully saturated rings. The lowest BCUT2D eigenvalue weighted by molar-refractivity contribution is -0.115. The van der Waals surface area contributed by atoms with Crippen LogP contribution in [0.3, 0.4) is 0 Å². The van der Waals surface area contributed by atoms with Gasteiger partial charge in [0.2, 0.25) is 0 Å². The SMILES string of the molecule is COc1ccc([C@H]2CC(=O)C3=C(C)Nc4ccccc4N=C3C2)cc1OC. The summed E-state index contributed by atoms with van der Waals surface area (Å²) in [4.78, 5) is 17.8. The second kappa shape index (κ2) is 6.91. The Labute approximate surface area is 158 Å². The van der Waals surface area contributed by atoms with Crippen LogP contribution in [0.4, 0.5) is 11.4 Å². The fraction of sp³-hybridized carbons (Fsp3) is 0.273. The third-order valence-electron chi connectivity index (χ3n) is 5.17. The van der Waals surface area contributed by atoms with Gasteiger partial charge in [0.15, 0.2) is 17.3 Å². The molecule has 1 aliphatic heterocycles. The van der Waals surface area contributed by atoms with Crippen LogP contribution in [-0.4, -0.2) is 25.7 Å². The van der Waals surface area contributed by atoms with Crippen LogP contribution in [0.1, 0.15) is 31.2 Å². The summed E-state index contributed by atoms with van der Waals surface area (Å²) < 4.78 is 10.7. The van der Waals surface area contributed by atoms with Crippen LogP contribution in [0, 0.1) is 0 Å². The molecule has 27 heavy (non-hydrogen) atoms. The Balaban J connectivity index is 1.74. The molecule has 2 aromatic carbocycles. The number of aliphatic imine (C=N–C) groups is 1. The predicted octanol–water partition coefficient (Wildman–Crippen LogP) is 4.62. The Bertz CT molecular complexity index is 975. The van der Waals surface area contributed by atoms with Gasteiger partial charge < -0.3 is 14.8 Å². The molecule has 0 aromatic heterocycles. The number of carbonyl (C=O) groups is 1. The molecule has 1 aliphatic carbocycles. The standard InChI is InChI=1S/C22H22N2O3/c1-13-22-18(24-17-7-5-4-6-16(17)23-13)10-15(11-19(22)25)14-8-9-20(26-2)21(12-14)27-3/h4-9,12,15,23H,10-11H2,1-3H3/t15-/m1/s1. The Morgan fingerprint density at radius 1 is 1.04 bits per heavy atom. The highest BCUT2D eigenvalue weighted by Crippen LogP contribution is 2.40. The Morgan fingerprint density at radius 3 is 2.59 bits per heavy atom. The first-order valence-corrected chi connectivity index (χ1v) is 9.00. The van der Waals surface area contributed by atoms with Gasteiger partial charge in [-0.25, -0.2) is 0 Å². The number of nitrogens with zero attached hydrogens (tertiary/aromatic N) is 1. The number of benzene rings is 2. The molecule has 2 aliphatic rings. The maximum Gasteiger partial charge on any atom is 0.167 e. The lowest BCUT2D eigenvalue weighted by Crippen LogP contribution is -2.26. The van der Waals surface area contributed by atoms with Crippen molar-refractivity contribution in [2.24, 2.45) is 4.99 Å². The van der Waals surface area contributed by atoms with Gasteiger partial charge in [0.25, 0.3) is 0 Å². The summed E-state index contributed by atoms with van der Waals surface area (Å²) in [5.41, 5.74) is 5.30. The number of hydrogen-bond donors (Lipinski definition) is 1. The third-order valence-corrected chi connectivity index (χ3v) is 5.17. The van der Waals surface area contributed by atoms with Crippen LogP contribution in [-0.2, 0) is 4.79 Å². The Hall–Kier alpha value is -3.08. The summed E-state index contributed by atoms with van der Waals surface area (Å²) >= 11 is 0. The highest BCUT2D eigenvalue weighted by atomic mass is 16.5. The molecule has 0 unspecified atom stereocenters. The number of hydrogen-bond acceptors (Lipinski definition) is 5. The number of rotatable bonds is 3. The van der Waals surface area contributed by atoms with Crippen molar-refractivity contribution in [2.45, 2.75) is 25.7 Å². The minimum Gasteiger partial charge on any atom is -0.493 e. The molecule has 0 spiro atoms. The highest BCUT2D eigenvalue weighted by Gasteiger charge is 2.33. The monoisotopic (exact) mass is 362 g/mol. The van der Waals surface area contributed by atoms with Crippen LogP contribution in [0.5, 0.6) is 11.5 Å². The summed E-state index contributed by atoms with van der Waals surface area (Å²) in [6, 6.07) is 13.7. The number of ketones is 1. The summed E-state index contributed by atoms with van der Waals surface area (Å²) in [6.07, 6.45) is 1.17. The topological polar surface area (TPSA) is 59.9 Å². The van der Waals surface area contributed by atoms with Crippen molar-refractivity contribution in [1.29, 1.82) is 0 Å². The number of anilines is 1. The van der Waals surface area contributed by atoms with Crippen molar-refractivity contribution in [1.82, 2.24) is 0 Å². The Morgan fingerprint density at radius 2 is 1.81 bits per heavy atom. The van der Waals surface area contributed by atoms with E-state index in [0.717, 1.165) is 33.9 Å². The van der Waals surface area contributed by atoms with Crippen LogP contribution < -0.4 is 14.8 Å². The molecule has 0 bridgehead atoms. The first-order valence-electron chi connectivity index (χ1n) is 9.00. The van der Waals surface area contributed by atoms with Crippen molar-refractivity contribution in [3.8, 4) is 11.5 Å². The summed E-state index contributed by atoms with van der Waals surface area (Å²) in [7, 11) is 3.24. The molecular formula is C22H22N2O3. The van der Waals surface area contributed by atoms with E-state index in [-0.39, 0.29) is 11.7 Å². The summed E-state index contributed by atoms with van der Waals surface area (Å²) in [5, 5.41) is 3.35. The molecule has 0 saturated heterocycles. The fourth-order valence-corrected chi connectivity index (χ4v) is 3.85. The van der Waals surface area contributed by atoms with E-state index in [0.29, 0.717) is 24.3 Å². The van der Waals surface area contributed by atoms with Crippen LogP contribution in [0.15, 0.2) is 58.7 Å². The van der Waals surface area contributed by atoms with Crippen LogP contribution in [0.2, 0.25) is 0 Å².